The van der Waals surface area contributed by atoms with Gasteiger partial charge in [0, 0.05) is 17.1 Å². The van der Waals surface area contributed by atoms with Crippen LogP contribution in [-0.2, 0) is 9.59 Å². The van der Waals surface area contributed by atoms with Gasteiger partial charge < -0.3 is 10.2 Å². The molecule has 1 N–H and O–H groups in total. The fraction of sp³-hybridized carbons (Fsp3) is 0.263. The van der Waals surface area contributed by atoms with Gasteiger partial charge in [-0.15, -0.1) is 0 Å². The number of amides is 2. The average Bonchev–Trinajstić information content (AvgIpc) is 2.50. The first kappa shape index (κ1) is 18.2. The summed E-state index contributed by atoms with van der Waals surface area (Å²) < 4.78 is 0.817. The van der Waals surface area contributed by atoms with Crippen LogP contribution in [0.2, 0.25) is 0 Å². The molecule has 0 aliphatic carbocycles. The van der Waals surface area contributed by atoms with E-state index in [0.29, 0.717) is 5.69 Å². The van der Waals surface area contributed by atoms with E-state index in [1.807, 2.05) is 57.2 Å². The number of carbonyl (C=O) groups is 2. The lowest BCUT2D eigenvalue weighted by Crippen LogP contribution is -2.37. The summed E-state index contributed by atoms with van der Waals surface area (Å²) in [5, 5.41) is 2.85. The minimum Gasteiger partial charge on any atom is -0.324 e. The Morgan fingerprint density at radius 3 is 2.46 bits per heavy atom. The van der Waals surface area contributed by atoms with Gasteiger partial charge in [-0.3, -0.25) is 9.59 Å². The van der Waals surface area contributed by atoms with Crippen molar-refractivity contribution in [1.29, 1.82) is 0 Å². The number of anilines is 2. The van der Waals surface area contributed by atoms with Crippen molar-refractivity contribution >= 4 is 39.1 Å². The molecule has 126 valence electrons. The molecule has 2 aromatic carbocycles. The molecule has 4 nitrogen and oxygen atoms in total. The summed E-state index contributed by atoms with van der Waals surface area (Å²) in [6.45, 7) is 7.36. The Hall–Kier alpha value is -2.14. The molecule has 0 heterocycles. The number of nitrogens with zero attached hydrogens (tertiary/aromatic N) is 1. The van der Waals surface area contributed by atoms with Crippen LogP contribution < -0.4 is 10.2 Å². The Morgan fingerprint density at radius 2 is 1.83 bits per heavy atom. The molecule has 5 heteroatoms. The summed E-state index contributed by atoms with van der Waals surface area (Å²) in [5.74, 6) is -0.405. The average molecular weight is 389 g/mol. The molecule has 0 bridgehead atoms. The van der Waals surface area contributed by atoms with Crippen LogP contribution in [0.3, 0.4) is 0 Å². The highest BCUT2D eigenvalue weighted by atomic mass is 79.9. The maximum atomic E-state index is 12.4. The third kappa shape index (κ3) is 4.23. The number of nitrogens with one attached hydrogen (secondary N) is 1. The van der Waals surface area contributed by atoms with Crippen LogP contribution in [0, 0.1) is 20.8 Å². The first-order valence-corrected chi connectivity index (χ1v) is 8.49. The first-order chi connectivity index (χ1) is 11.3. The van der Waals surface area contributed by atoms with E-state index < -0.39 is 0 Å². The summed E-state index contributed by atoms with van der Waals surface area (Å²) in [5.41, 5.74) is 4.63. The lowest BCUT2D eigenvalue weighted by Gasteiger charge is -2.23. The van der Waals surface area contributed by atoms with E-state index in [2.05, 4.69) is 21.2 Å². The number of halogens is 1. The second-order valence-corrected chi connectivity index (χ2v) is 6.71. The van der Waals surface area contributed by atoms with Crippen LogP contribution in [-0.4, -0.2) is 18.4 Å². The summed E-state index contributed by atoms with van der Waals surface area (Å²) in [6.07, 6.45) is 0. The standard InChI is InChI=1S/C19H21BrN2O2/c1-12-8-9-17(16(20)10-12)21-19(24)11-22(15(4)23)18-7-5-6-13(2)14(18)3/h5-10H,11H2,1-4H3,(H,21,24). The van der Waals surface area contributed by atoms with Crippen molar-refractivity contribution in [3.8, 4) is 0 Å². The molecule has 0 aliphatic rings. The molecule has 0 aromatic heterocycles. The van der Waals surface area contributed by atoms with Gasteiger partial charge in [0.1, 0.15) is 6.54 Å². The lowest BCUT2D eigenvalue weighted by atomic mass is 10.1. The zero-order valence-corrected chi connectivity index (χ0v) is 15.9. The number of benzene rings is 2. The highest BCUT2D eigenvalue weighted by molar-refractivity contribution is 9.10. The van der Waals surface area contributed by atoms with Crippen molar-refractivity contribution in [2.24, 2.45) is 0 Å². The minimum atomic E-state index is -0.240. The minimum absolute atomic E-state index is 0.0278. The van der Waals surface area contributed by atoms with Crippen molar-refractivity contribution in [2.45, 2.75) is 27.7 Å². The molecule has 0 radical (unpaired) electrons. The van der Waals surface area contributed by atoms with E-state index in [1.54, 1.807) is 0 Å². The van der Waals surface area contributed by atoms with Gasteiger partial charge in [0.25, 0.3) is 0 Å². The topological polar surface area (TPSA) is 49.4 Å². The van der Waals surface area contributed by atoms with E-state index in [0.717, 1.165) is 26.9 Å². The molecule has 24 heavy (non-hydrogen) atoms. The van der Waals surface area contributed by atoms with Crippen LogP contribution in [0.5, 0.6) is 0 Å². The van der Waals surface area contributed by atoms with Crippen molar-refractivity contribution in [3.05, 3.63) is 57.6 Å². The summed E-state index contributed by atoms with van der Waals surface area (Å²) >= 11 is 3.44. The maximum Gasteiger partial charge on any atom is 0.244 e. The third-order valence-electron chi connectivity index (χ3n) is 3.95. The molecule has 0 saturated heterocycles. The summed E-state index contributed by atoms with van der Waals surface area (Å²) in [4.78, 5) is 26.0. The van der Waals surface area contributed by atoms with Gasteiger partial charge in [0.15, 0.2) is 0 Å². The molecule has 2 aromatic rings. The Labute approximate surface area is 151 Å². The Kier molecular flexibility index (Phi) is 5.78. The van der Waals surface area contributed by atoms with Crippen LogP contribution >= 0.6 is 15.9 Å². The third-order valence-corrected chi connectivity index (χ3v) is 4.60. The van der Waals surface area contributed by atoms with E-state index in [-0.39, 0.29) is 18.4 Å². The monoisotopic (exact) mass is 388 g/mol. The van der Waals surface area contributed by atoms with Crippen molar-refractivity contribution in [3.63, 3.8) is 0 Å². The highest BCUT2D eigenvalue weighted by Gasteiger charge is 2.18. The molecular weight excluding hydrogens is 368 g/mol. The Bertz CT molecular complexity index is 787. The second-order valence-electron chi connectivity index (χ2n) is 5.86. The normalized spacial score (nSPS) is 10.4. The number of aryl methyl sites for hydroxylation is 2. The molecule has 0 spiro atoms. The van der Waals surface area contributed by atoms with Crippen LogP contribution in [0.4, 0.5) is 11.4 Å². The fourth-order valence-corrected chi connectivity index (χ4v) is 3.04. The van der Waals surface area contributed by atoms with E-state index in [1.165, 1.54) is 11.8 Å². The molecule has 0 saturated carbocycles. The summed E-state index contributed by atoms with van der Waals surface area (Å²) in [6, 6.07) is 11.4. The zero-order chi connectivity index (χ0) is 17.9. The van der Waals surface area contributed by atoms with Gasteiger partial charge in [-0.1, -0.05) is 18.2 Å². The molecule has 0 unspecified atom stereocenters. The van der Waals surface area contributed by atoms with Crippen LogP contribution in [0.25, 0.3) is 0 Å². The van der Waals surface area contributed by atoms with Crippen molar-refractivity contribution in [1.82, 2.24) is 0 Å². The van der Waals surface area contributed by atoms with E-state index in [4.69, 9.17) is 0 Å². The predicted octanol–water partition coefficient (Wildman–Crippen LogP) is 4.37. The Balaban J connectivity index is 2.20. The van der Waals surface area contributed by atoms with Gasteiger partial charge in [0.2, 0.25) is 11.8 Å². The number of hydrogen-bond acceptors (Lipinski definition) is 2. The number of hydrogen-bond donors (Lipinski definition) is 1. The fourth-order valence-electron chi connectivity index (χ4n) is 2.45. The number of rotatable bonds is 4. The van der Waals surface area contributed by atoms with Crippen LogP contribution in [0.15, 0.2) is 40.9 Å². The predicted molar refractivity (Wildman–Crippen MR) is 101 cm³/mol. The van der Waals surface area contributed by atoms with Gasteiger partial charge in [-0.2, -0.15) is 0 Å². The van der Waals surface area contributed by atoms with Crippen molar-refractivity contribution < 1.29 is 9.59 Å². The quantitative estimate of drug-likeness (QED) is 0.845. The van der Waals surface area contributed by atoms with Crippen LogP contribution in [0.1, 0.15) is 23.6 Å². The molecule has 2 amide bonds. The van der Waals surface area contributed by atoms with E-state index >= 15 is 0 Å². The first-order valence-electron chi connectivity index (χ1n) is 7.70. The smallest absolute Gasteiger partial charge is 0.244 e. The molecule has 0 fully saturated rings. The number of carbonyl (C=O) groups excluding carboxylic acids is 2. The Morgan fingerprint density at radius 1 is 1.12 bits per heavy atom. The molecular formula is C19H21BrN2O2. The van der Waals surface area contributed by atoms with Gasteiger partial charge >= 0.3 is 0 Å². The lowest BCUT2D eigenvalue weighted by molar-refractivity contribution is -0.120. The van der Waals surface area contributed by atoms with Crippen molar-refractivity contribution in [2.75, 3.05) is 16.8 Å². The molecule has 0 atom stereocenters. The maximum absolute atomic E-state index is 12.4. The van der Waals surface area contributed by atoms with Gasteiger partial charge in [-0.05, 0) is 71.6 Å². The molecule has 2 rings (SSSR count). The largest absolute Gasteiger partial charge is 0.324 e. The van der Waals surface area contributed by atoms with Gasteiger partial charge in [-0.25, -0.2) is 0 Å². The van der Waals surface area contributed by atoms with Gasteiger partial charge in [0.05, 0.1) is 5.69 Å². The second kappa shape index (κ2) is 7.62. The SMILES string of the molecule is CC(=O)N(CC(=O)Nc1ccc(C)cc1Br)c1cccc(C)c1C. The molecule has 0 aliphatic heterocycles. The summed E-state index contributed by atoms with van der Waals surface area (Å²) in [7, 11) is 0. The zero-order valence-electron chi connectivity index (χ0n) is 14.3. The highest BCUT2D eigenvalue weighted by Crippen LogP contribution is 2.25. The van der Waals surface area contributed by atoms with E-state index in [9.17, 15) is 9.59 Å².